The molecule has 0 radical (unpaired) electrons. The Morgan fingerprint density at radius 1 is 1.00 bits per heavy atom. The van der Waals surface area contributed by atoms with Crippen LogP contribution in [0.3, 0.4) is 0 Å². The minimum Gasteiger partial charge on any atom is -0.383 e. The summed E-state index contributed by atoms with van der Waals surface area (Å²) in [5.41, 5.74) is 4.88. The molecule has 0 saturated carbocycles. The molecule has 0 aliphatic heterocycles. The lowest BCUT2D eigenvalue weighted by molar-refractivity contribution is 0.224. The van der Waals surface area contributed by atoms with E-state index in [-0.39, 0.29) is 0 Å². The molecule has 25 heavy (non-hydrogen) atoms. The van der Waals surface area contributed by atoms with E-state index in [1.54, 1.807) is 23.8 Å². The summed E-state index contributed by atoms with van der Waals surface area (Å²) < 4.78 is 0. The van der Waals surface area contributed by atoms with Gasteiger partial charge in [-0.05, 0) is 34.0 Å². The molecule has 4 heteroatoms. The second kappa shape index (κ2) is 6.48. The first-order valence-electron chi connectivity index (χ1n) is 7.86. The lowest BCUT2D eigenvalue weighted by atomic mass is 9.92. The zero-order valence-electron chi connectivity index (χ0n) is 13.3. The smallest absolute Gasteiger partial charge is 0.115 e. The average Bonchev–Trinajstić information content (AvgIpc) is 3.21. The summed E-state index contributed by atoms with van der Waals surface area (Å²) in [5, 5.41) is 22.4. The van der Waals surface area contributed by atoms with Gasteiger partial charge in [0.1, 0.15) is 6.10 Å². The lowest BCUT2D eigenvalue weighted by Gasteiger charge is -2.13. The predicted molar refractivity (Wildman–Crippen MR) is 100 cm³/mol. The molecule has 0 amide bonds. The standard InChI is InChI=1S/C21H14N2OS/c22-11-16-9-8-15(21(24)20-12-23-13-25-20)10-19(16)18-7-3-5-14-4-1-2-6-17(14)18/h1-10,12-13,21,24H. The molecule has 4 aromatic rings. The van der Waals surface area contributed by atoms with Gasteiger partial charge in [0.25, 0.3) is 0 Å². The van der Waals surface area contributed by atoms with Gasteiger partial charge in [0.05, 0.1) is 22.0 Å². The van der Waals surface area contributed by atoms with Gasteiger partial charge >= 0.3 is 0 Å². The Morgan fingerprint density at radius 3 is 2.64 bits per heavy atom. The zero-order chi connectivity index (χ0) is 17.2. The third-order valence-electron chi connectivity index (χ3n) is 4.28. The number of aliphatic hydroxyl groups is 1. The summed E-state index contributed by atoms with van der Waals surface area (Å²) in [6.45, 7) is 0. The third-order valence-corrected chi connectivity index (χ3v) is 5.11. The number of nitrogens with zero attached hydrogens (tertiary/aromatic N) is 2. The fraction of sp³-hybridized carbons (Fsp3) is 0.0476. The molecule has 1 unspecified atom stereocenters. The van der Waals surface area contributed by atoms with Crippen LogP contribution in [0.2, 0.25) is 0 Å². The number of rotatable bonds is 3. The van der Waals surface area contributed by atoms with Crippen LogP contribution in [-0.4, -0.2) is 10.1 Å². The van der Waals surface area contributed by atoms with Crippen LogP contribution < -0.4 is 0 Å². The molecule has 0 fully saturated rings. The minimum atomic E-state index is -0.742. The van der Waals surface area contributed by atoms with E-state index in [2.05, 4.69) is 29.3 Å². The Kier molecular flexibility index (Phi) is 4.02. The Hall–Kier alpha value is -3.00. The van der Waals surface area contributed by atoms with Crippen LogP contribution in [0.4, 0.5) is 0 Å². The van der Waals surface area contributed by atoms with Crippen LogP contribution in [0.5, 0.6) is 0 Å². The highest BCUT2D eigenvalue weighted by atomic mass is 32.1. The van der Waals surface area contributed by atoms with Gasteiger partial charge in [-0.15, -0.1) is 11.3 Å². The molecular formula is C21H14N2OS. The molecule has 3 aromatic carbocycles. The maximum Gasteiger partial charge on any atom is 0.115 e. The van der Waals surface area contributed by atoms with E-state index in [9.17, 15) is 10.4 Å². The summed E-state index contributed by atoms with van der Waals surface area (Å²) in [6.07, 6.45) is 0.930. The first-order chi connectivity index (χ1) is 12.3. The molecule has 1 aromatic heterocycles. The van der Waals surface area contributed by atoms with Crippen molar-refractivity contribution in [2.45, 2.75) is 6.10 Å². The van der Waals surface area contributed by atoms with Crippen molar-refractivity contribution in [3.05, 3.63) is 88.4 Å². The maximum absolute atomic E-state index is 10.6. The summed E-state index contributed by atoms with van der Waals surface area (Å²) >= 11 is 1.41. The number of thiazole rings is 1. The highest BCUT2D eigenvalue weighted by Gasteiger charge is 2.16. The van der Waals surface area contributed by atoms with Crippen molar-refractivity contribution >= 4 is 22.1 Å². The van der Waals surface area contributed by atoms with E-state index in [4.69, 9.17) is 0 Å². The normalized spacial score (nSPS) is 12.0. The molecular weight excluding hydrogens is 328 g/mol. The molecule has 0 bridgehead atoms. The second-order valence-corrected chi connectivity index (χ2v) is 6.67. The number of benzene rings is 3. The Bertz CT molecular complexity index is 1080. The summed E-state index contributed by atoms with van der Waals surface area (Å²) in [4.78, 5) is 4.82. The molecule has 0 spiro atoms. The van der Waals surface area contributed by atoms with Gasteiger partial charge in [-0.2, -0.15) is 5.26 Å². The Labute approximate surface area is 149 Å². The monoisotopic (exact) mass is 342 g/mol. The Morgan fingerprint density at radius 2 is 1.84 bits per heavy atom. The Balaban J connectivity index is 1.91. The second-order valence-electron chi connectivity index (χ2n) is 5.75. The van der Waals surface area contributed by atoms with Gasteiger partial charge in [-0.25, -0.2) is 0 Å². The number of hydrogen-bond donors (Lipinski definition) is 1. The van der Waals surface area contributed by atoms with E-state index in [1.165, 1.54) is 11.3 Å². The molecule has 1 atom stereocenters. The largest absolute Gasteiger partial charge is 0.383 e. The van der Waals surface area contributed by atoms with Crippen molar-refractivity contribution in [3.8, 4) is 17.2 Å². The van der Waals surface area contributed by atoms with Crippen molar-refractivity contribution in [2.75, 3.05) is 0 Å². The molecule has 4 rings (SSSR count). The lowest BCUT2D eigenvalue weighted by Crippen LogP contribution is -1.99. The van der Waals surface area contributed by atoms with Gasteiger partial charge in [0, 0.05) is 11.8 Å². The fourth-order valence-electron chi connectivity index (χ4n) is 3.04. The van der Waals surface area contributed by atoms with Crippen LogP contribution in [0.15, 0.2) is 72.4 Å². The summed E-state index contributed by atoms with van der Waals surface area (Å²) in [6, 6.07) is 21.9. The molecule has 0 aliphatic carbocycles. The quantitative estimate of drug-likeness (QED) is 0.575. The number of aliphatic hydroxyl groups excluding tert-OH is 1. The average molecular weight is 342 g/mol. The molecule has 120 valence electrons. The molecule has 0 aliphatic rings. The van der Waals surface area contributed by atoms with E-state index in [0.29, 0.717) is 5.56 Å². The predicted octanol–water partition coefficient (Wildman–Crippen LogP) is 4.92. The summed E-state index contributed by atoms with van der Waals surface area (Å²) in [7, 11) is 0. The SMILES string of the molecule is N#Cc1ccc(C(O)c2cncs2)cc1-c1cccc2ccccc12. The van der Waals surface area contributed by atoms with Crippen molar-refractivity contribution < 1.29 is 5.11 Å². The molecule has 0 saturated heterocycles. The van der Waals surface area contributed by atoms with Crippen LogP contribution in [0.25, 0.3) is 21.9 Å². The van der Waals surface area contributed by atoms with E-state index < -0.39 is 6.10 Å². The first kappa shape index (κ1) is 15.5. The molecule has 3 nitrogen and oxygen atoms in total. The number of nitriles is 1. The number of hydrogen-bond acceptors (Lipinski definition) is 4. The van der Waals surface area contributed by atoms with Crippen molar-refractivity contribution in [1.29, 1.82) is 5.26 Å². The first-order valence-corrected chi connectivity index (χ1v) is 8.74. The highest BCUT2D eigenvalue weighted by Crippen LogP contribution is 2.34. The van der Waals surface area contributed by atoms with E-state index in [1.807, 2.05) is 30.3 Å². The molecule has 1 N–H and O–H groups in total. The van der Waals surface area contributed by atoms with Crippen LogP contribution in [0.1, 0.15) is 22.1 Å². The van der Waals surface area contributed by atoms with Crippen molar-refractivity contribution in [2.24, 2.45) is 0 Å². The van der Waals surface area contributed by atoms with E-state index >= 15 is 0 Å². The van der Waals surface area contributed by atoms with Crippen LogP contribution in [-0.2, 0) is 0 Å². The zero-order valence-corrected chi connectivity index (χ0v) is 14.1. The highest BCUT2D eigenvalue weighted by molar-refractivity contribution is 7.09. The van der Waals surface area contributed by atoms with Gasteiger partial charge in [0.2, 0.25) is 0 Å². The number of aromatic nitrogens is 1. The van der Waals surface area contributed by atoms with Gasteiger partial charge in [-0.1, -0.05) is 48.5 Å². The topological polar surface area (TPSA) is 56.9 Å². The van der Waals surface area contributed by atoms with Crippen molar-refractivity contribution in [1.82, 2.24) is 4.98 Å². The maximum atomic E-state index is 10.6. The van der Waals surface area contributed by atoms with Crippen LogP contribution in [0, 0.1) is 11.3 Å². The minimum absolute atomic E-state index is 0.594. The third kappa shape index (κ3) is 2.80. The molecule has 1 heterocycles. The van der Waals surface area contributed by atoms with Crippen molar-refractivity contribution in [3.63, 3.8) is 0 Å². The van der Waals surface area contributed by atoms with Crippen LogP contribution >= 0.6 is 11.3 Å². The van der Waals surface area contributed by atoms with Gasteiger partial charge in [-0.3, -0.25) is 4.98 Å². The van der Waals surface area contributed by atoms with Gasteiger partial charge < -0.3 is 5.11 Å². The summed E-state index contributed by atoms with van der Waals surface area (Å²) in [5.74, 6) is 0. The fourth-order valence-corrected chi connectivity index (χ4v) is 3.67. The van der Waals surface area contributed by atoms with E-state index in [0.717, 1.165) is 32.3 Å². The number of fused-ring (bicyclic) bond motifs is 1. The van der Waals surface area contributed by atoms with Gasteiger partial charge in [0.15, 0.2) is 0 Å².